The van der Waals surface area contributed by atoms with Crippen LogP contribution in [0.3, 0.4) is 0 Å². The van der Waals surface area contributed by atoms with E-state index in [1.165, 1.54) is 8.61 Å². The average Bonchev–Trinajstić information content (AvgIpc) is 2.77. The first-order valence-electron chi connectivity index (χ1n) is 7.53. The molecule has 1 aliphatic rings. The van der Waals surface area contributed by atoms with Crippen LogP contribution in [0.5, 0.6) is 0 Å². The molecule has 0 saturated carbocycles. The minimum atomic E-state index is -3.75. The molecule has 6 nitrogen and oxygen atoms in total. The van der Waals surface area contributed by atoms with Crippen molar-refractivity contribution in [2.24, 2.45) is 5.92 Å². The second-order valence-electron chi connectivity index (χ2n) is 6.49. The minimum absolute atomic E-state index is 0.158. The van der Waals surface area contributed by atoms with Crippen LogP contribution in [0.2, 0.25) is 0 Å². The quantitative estimate of drug-likeness (QED) is 0.818. The van der Waals surface area contributed by atoms with Crippen LogP contribution in [-0.4, -0.2) is 50.5 Å². The van der Waals surface area contributed by atoms with Gasteiger partial charge in [0.2, 0.25) is 20.0 Å². The summed E-state index contributed by atoms with van der Waals surface area (Å²) in [7, 11) is -7.25. The zero-order valence-corrected chi connectivity index (χ0v) is 15.7. The first-order chi connectivity index (χ1) is 10.5. The van der Waals surface area contributed by atoms with Crippen molar-refractivity contribution in [1.82, 2.24) is 8.61 Å². The van der Waals surface area contributed by atoms with Crippen LogP contribution in [0, 0.1) is 12.8 Å². The molecule has 0 amide bonds. The summed E-state index contributed by atoms with van der Waals surface area (Å²) in [6, 6.07) is 6.22. The highest BCUT2D eigenvalue weighted by atomic mass is 32.2. The number of aryl methyl sites for hydroxylation is 1. The van der Waals surface area contributed by atoms with Gasteiger partial charge in [-0.25, -0.2) is 16.8 Å². The molecule has 1 heterocycles. The smallest absolute Gasteiger partial charge is 0.212 e. The lowest BCUT2D eigenvalue weighted by Gasteiger charge is -2.32. The highest BCUT2D eigenvalue weighted by Gasteiger charge is 2.49. The molecule has 23 heavy (non-hydrogen) atoms. The summed E-state index contributed by atoms with van der Waals surface area (Å²) in [5.74, 6) is -0.158. The molecule has 2 rings (SSSR count). The maximum atomic E-state index is 13.0. The van der Waals surface area contributed by atoms with Crippen molar-refractivity contribution in [3.05, 3.63) is 29.8 Å². The lowest BCUT2D eigenvalue weighted by molar-refractivity contribution is 0.209. The Kier molecular flexibility index (Phi) is 4.92. The molecule has 2 atom stereocenters. The van der Waals surface area contributed by atoms with Gasteiger partial charge in [0, 0.05) is 12.6 Å². The molecular formula is C15H24N2O4S2. The lowest BCUT2D eigenvalue weighted by Crippen LogP contribution is -2.48. The fraction of sp³-hybridized carbons (Fsp3) is 0.600. The molecule has 1 saturated heterocycles. The van der Waals surface area contributed by atoms with Gasteiger partial charge in [0.15, 0.2) is 0 Å². The number of benzene rings is 1. The summed E-state index contributed by atoms with van der Waals surface area (Å²) in [5, 5.41) is 0. The summed E-state index contributed by atoms with van der Waals surface area (Å²) in [6.45, 7) is 7.45. The molecule has 0 aromatic heterocycles. The number of rotatable bonds is 4. The summed E-state index contributed by atoms with van der Waals surface area (Å²) >= 11 is 0. The maximum Gasteiger partial charge on any atom is 0.244 e. The van der Waals surface area contributed by atoms with Crippen LogP contribution in [0.4, 0.5) is 0 Å². The fourth-order valence-electron chi connectivity index (χ4n) is 3.07. The molecule has 1 aromatic rings. The highest BCUT2D eigenvalue weighted by Crippen LogP contribution is 2.33. The third-order valence-electron chi connectivity index (χ3n) is 4.04. The van der Waals surface area contributed by atoms with Gasteiger partial charge in [-0.3, -0.25) is 0 Å². The topological polar surface area (TPSA) is 74.8 Å². The monoisotopic (exact) mass is 360 g/mol. The molecule has 1 aliphatic heterocycles. The Hall–Kier alpha value is -0.960. The van der Waals surface area contributed by atoms with E-state index in [4.69, 9.17) is 0 Å². The van der Waals surface area contributed by atoms with E-state index in [9.17, 15) is 16.8 Å². The van der Waals surface area contributed by atoms with Gasteiger partial charge in [-0.2, -0.15) is 8.61 Å². The third-order valence-corrected chi connectivity index (χ3v) is 7.23. The molecule has 1 aromatic carbocycles. The molecule has 0 unspecified atom stereocenters. The number of hydrogen-bond acceptors (Lipinski definition) is 4. The Morgan fingerprint density at radius 3 is 2.04 bits per heavy atom. The Morgan fingerprint density at radius 1 is 1.09 bits per heavy atom. The van der Waals surface area contributed by atoms with E-state index in [1.807, 2.05) is 20.8 Å². The van der Waals surface area contributed by atoms with Gasteiger partial charge in [-0.1, -0.05) is 31.5 Å². The molecule has 0 N–H and O–H groups in total. The molecule has 0 bridgehead atoms. The van der Waals surface area contributed by atoms with Gasteiger partial charge < -0.3 is 0 Å². The van der Waals surface area contributed by atoms with Gasteiger partial charge in [-0.05, 0) is 31.9 Å². The maximum absolute atomic E-state index is 13.0. The predicted molar refractivity (Wildman–Crippen MR) is 89.8 cm³/mol. The van der Waals surface area contributed by atoms with E-state index in [-0.39, 0.29) is 17.4 Å². The zero-order valence-electron chi connectivity index (χ0n) is 14.1. The number of nitrogens with zero attached hydrogens (tertiary/aromatic N) is 2. The Balaban J connectivity index is 2.51. The van der Waals surface area contributed by atoms with Gasteiger partial charge >= 0.3 is 0 Å². The van der Waals surface area contributed by atoms with Crippen LogP contribution in [0.25, 0.3) is 0 Å². The van der Waals surface area contributed by atoms with Crippen LogP contribution < -0.4 is 0 Å². The second kappa shape index (κ2) is 6.16. The summed E-state index contributed by atoms with van der Waals surface area (Å²) in [4.78, 5) is 0.191. The first-order valence-corrected chi connectivity index (χ1v) is 10.8. The molecule has 0 radical (unpaired) electrons. The molecule has 1 fully saturated rings. The van der Waals surface area contributed by atoms with Gasteiger partial charge in [-0.15, -0.1) is 0 Å². The van der Waals surface area contributed by atoms with E-state index < -0.39 is 32.3 Å². The van der Waals surface area contributed by atoms with Gasteiger partial charge in [0.05, 0.1) is 17.3 Å². The standard InChI is InChI=1S/C15H24N2O4S2/c1-11(2)15-16(10-13(4)17(15)22(5,18)19)23(20,21)14-8-6-12(3)7-9-14/h6-9,11,13,15H,10H2,1-5H3/t13-,15+/m1/s1. The minimum Gasteiger partial charge on any atom is -0.212 e. The predicted octanol–water partition coefficient (Wildman–Crippen LogP) is 1.63. The van der Waals surface area contributed by atoms with Crippen molar-refractivity contribution >= 4 is 20.0 Å². The Morgan fingerprint density at radius 2 is 1.61 bits per heavy atom. The highest BCUT2D eigenvalue weighted by molar-refractivity contribution is 7.89. The third kappa shape index (κ3) is 3.45. The summed E-state index contributed by atoms with van der Waals surface area (Å²) in [6.07, 6.45) is 0.423. The first kappa shape index (κ1) is 18.4. The normalized spacial score (nSPS) is 24.4. The van der Waals surface area contributed by atoms with Crippen LogP contribution in [-0.2, 0) is 20.0 Å². The van der Waals surface area contributed by atoms with Crippen molar-refractivity contribution < 1.29 is 16.8 Å². The summed E-state index contributed by atoms with van der Waals surface area (Å²) < 4.78 is 52.8. The van der Waals surface area contributed by atoms with E-state index in [2.05, 4.69) is 0 Å². The van der Waals surface area contributed by atoms with Crippen LogP contribution in [0.15, 0.2) is 29.2 Å². The molecule has 8 heteroatoms. The van der Waals surface area contributed by atoms with Crippen molar-refractivity contribution in [3.8, 4) is 0 Å². The van der Waals surface area contributed by atoms with Crippen molar-refractivity contribution in [2.75, 3.05) is 12.8 Å². The largest absolute Gasteiger partial charge is 0.244 e. The summed E-state index contributed by atoms with van der Waals surface area (Å²) in [5.41, 5.74) is 0.969. The number of sulfonamides is 2. The molecule has 0 spiro atoms. The second-order valence-corrected chi connectivity index (χ2v) is 10.3. The van der Waals surface area contributed by atoms with Gasteiger partial charge in [0.1, 0.15) is 0 Å². The Bertz CT molecular complexity index is 770. The SMILES string of the molecule is Cc1ccc(S(=O)(=O)N2C[C@@H](C)N(S(C)(=O)=O)[C@H]2C(C)C)cc1. The van der Waals surface area contributed by atoms with E-state index >= 15 is 0 Å². The van der Waals surface area contributed by atoms with E-state index in [1.54, 1.807) is 31.2 Å². The van der Waals surface area contributed by atoms with Crippen LogP contribution in [0.1, 0.15) is 26.3 Å². The van der Waals surface area contributed by atoms with Crippen molar-refractivity contribution in [2.45, 2.75) is 44.8 Å². The van der Waals surface area contributed by atoms with E-state index in [0.717, 1.165) is 11.8 Å². The van der Waals surface area contributed by atoms with Crippen LogP contribution >= 0.6 is 0 Å². The molecular weight excluding hydrogens is 336 g/mol. The zero-order chi connectivity index (χ0) is 17.6. The average molecular weight is 361 g/mol. The van der Waals surface area contributed by atoms with E-state index in [0.29, 0.717) is 0 Å². The lowest BCUT2D eigenvalue weighted by atomic mass is 10.2. The number of hydrogen-bond donors (Lipinski definition) is 0. The Labute approximate surface area is 139 Å². The molecule has 0 aliphatic carbocycles. The van der Waals surface area contributed by atoms with Crippen molar-refractivity contribution in [1.29, 1.82) is 0 Å². The van der Waals surface area contributed by atoms with Crippen molar-refractivity contribution in [3.63, 3.8) is 0 Å². The molecule has 130 valence electrons. The van der Waals surface area contributed by atoms with Gasteiger partial charge in [0.25, 0.3) is 0 Å². The fourth-order valence-corrected chi connectivity index (χ4v) is 6.39.